The number of para-hydroxylation sites is 1. The van der Waals surface area contributed by atoms with Gasteiger partial charge in [-0.05, 0) is 48.6 Å². The van der Waals surface area contributed by atoms with E-state index in [0.29, 0.717) is 64.1 Å². The molecule has 2 fully saturated rings. The molecule has 1 aromatic heterocycles. The highest BCUT2D eigenvalue weighted by atomic mass is 32.2. The van der Waals surface area contributed by atoms with E-state index in [1.165, 1.54) is 16.7 Å². The lowest BCUT2D eigenvalue weighted by Gasteiger charge is -2.34. The summed E-state index contributed by atoms with van der Waals surface area (Å²) in [7, 11) is -2.10. The third kappa shape index (κ3) is 5.94. The van der Waals surface area contributed by atoms with Crippen LogP contribution < -0.4 is 0 Å². The number of carbonyl (C=O) groups excluding carboxylic acids is 1. The van der Waals surface area contributed by atoms with E-state index in [1.807, 2.05) is 42.6 Å². The molecule has 0 radical (unpaired) electrons. The van der Waals surface area contributed by atoms with E-state index in [4.69, 9.17) is 22.1 Å². The Morgan fingerprint density at radius 2 is 1.82 bits per heavy atom. The van der Waals surface area contributed by atoms with Crippen LogP contribution in [-0.4, -0.2) is 71.0 Å². The molecule has 3 aromatic rings. The standard InChI is InChI=1S/C29H32N4O4S3/c1-20-14-21(2)18-31(17-20)40(35,36)25-11-7-8-22(15-25)27-23(19-33(30-27)24-9-5-4-6-10-24)16-26-28(34)32(12-13-37-3)29(38)39-26/h4-11,15-16,19-21H,12-14,17-18H2,1-3H3/b26-16-. The van der Waals surface area contributed by atoms with Crippen LogP contribution in [0.1, 0.15) is 25.8 Å². The van der Waals surface area contributed by atoms with Gasteiger partial charge in [-0.3, -0.25) is 9.69 Å². The number of rotatable bonds is 8. The minimum absolute atomic E-state index is 0.185. The van der Waals surface area contributed by atoms with E-state index >= 15 is 0 Å². The molecule has 2 aliphatic heterocycles. The molecule has 3 heterocycles. The van der Waals surface area contributed by atoms with E-state index in [-0.39, 0.29) is 10.8 Å². The highest BCUT2D eigenvalue weighted by Crippen LogP contribution is 2.35. The summed E-state index contributed by atoms with van der Waals surface area (Å²) < 4.78 is 36.3. The fourth-order valence-corrected chi connectivity index (χ4v) is 8.23. The summed E-state index contributed by atoms with van der Waals surface area (Å²) in [5.74, 6) is 0.421. The number of nitrogens with zero attached hydrogens (tertiary/aromatic N) is 4. The predicted molar refractivity (Wildman–Crippen MR) is 162 cm³/mol. The SMILES string of the molecule is COCCN1C(=O)/C(=C/c2cn(-c3ccccc3)nc2-c2cccc(S(=O)(=O)N3CC(C)CC(C)C3)c2)SC1=S. The number of hydrogen-bond donors (Lipinski definition) is 0. The molecule has 0 saturated carbocycles. The van der Waals surface area contributed by atoms with Gasteiger partial charge in [-0.25, -0.2) is 13.1 Å². The molecule has 2 aliphatic rings. The van der Waals surface area contributed by atoms with Gasteiger partial charge in [0.15, 0.2) is 0 Å². The molecular formula is C29H32N4O4S3. The summed E-state index contributed by atoms with van der Waals surface area (Å²) in [5, 5.41) is 4.84. The van der Waals surface area contributed by atoms with Gasteiger partial charge in [0.1, 0.15) is 10.0 Å². The minimum Gasteiger partial charge on any atom is -0.383 e. The highest BCUT2D eigenvalue weighted by molar-refractivity contribution is 8.26. The highest BCUT2D eigenvalue weighted by Gasteiger charge is 2.33. The Morgan fingerprint density at radius 3 is 2.52 bits per heavy atom. The number of aromatic nitrogens is 2. The second kappa shape index (κ2) is 12.0. The second-order valence-electron chi connectivity index (χ2n) is 10.3. The van der Waals surface area contributed by atoms with Gasteiger partial charge in [-0.1, -0.05) is 68.2 Å². The van der Waals surface area contributed by atoms with Crippen molar-refractivity contribution in [1.29, 1.82) is 0 Å². The molecule has 0 spiro atoms. The van der Waals surface area contributed by atoms with Crippen LogP contribution in [0.15, 0.2) is 70.6 Å². The molecule has 5 rings (SSSR count). The van der Waals surface area contributed by atoms with Crippen molar-refractivity contribution in [2.75, 3.05) is 33.4 Å². The van der Waals surface area contributed by atoms with Crippen molar-refractivity contribution in [3.8, 4) is 16.9 Å². The fraction of sp³-hybridized carbons (Fsp3) is 0.345. The molecule has 0 N–H and O–H groups in total. The Bertz CT molecular complexity index is 1540. The number of ether oxygens (including phenoxy) is 1. The third-order valence-corrected chi connectivity index (χ3v) is 10.2. The van der Waals surface area contributed by atoms with Crippen molar-refractivity contribution in [2.45, 2.75) is 25.2 Å². The van der Waals surface area contributed by atoms with E-state index in [1.54, 1.807) is 40.4 Å². The van der Waals surface area contributed by atoms with Crippen molar-refractivity contribution in [3.05, 3.63) is 71.3 Å². The normalized spacial score (nSPS) is 21.5. The third-order valence-electron chi connectivity index (χ3n) is 7.02. The number of piperidine rings is 1. The maximum atomic E-state index is 13.7. The molecule has 0 bridgehead atoms. The predicted octanol–water partition coefficient (Wildman–Crippen LogP) is 5.05. The zero-order valence-electron chi connectivity index (χ0n) is 22.7. The van der Waals surface area contributed by atoms with Crippen LogP contribution in [0.4, 0.5) is 0 Å². The van der Waals surface area contributed by atoms with Crippen LogP contribution in [0.2, 0.25) is 0 Å². The average molecular weight is 597 g/mol. The molecule has 2 atom stereocenters. The number of amides is 1. The minimum atomic E-state index is -3.68. The van der Waals surface area contributed by atoms with Crippen LogP contribution in [0.5, 0.6) is 0 Å². The van der Waals surface area contributed by atoms with Crippen LogP contribution in [0.25, 0.3) is 23.0 Å². The summed E-state index contributed by atoms with van der Waals surface area (Å²) in [4.78, 5) is 15.4. The van der Waals surface area contributed by atoms with Gasteiger partial charge < -0.3 is 4.74 Å². The van der Waals surface area contributed by atoms with Gasteiger partial charge in [-0.2, -0.15) is 9.40 Å². The summed E-state index contributed by atoms with van der Waals surface area (Å²) in [6, 6.07) is 16.5. The molecule has 11 heteroatoms. The van der Waals surface area contributed by atoms with Crippen molar-refractivity contribution in [1.82, 2.24) is 19.0 Å². The topological polar surface area (TPSA) is 84.7 Å². The Morgan fingerprint density at radius 1 is 1.10 bits per heavy atom. The zero-order valence-corrected chi connectivity index (χ0v) is 25.1. The molecule has 8 nitrogen and oxygen atoms in total. The lowest BCUT2D eigenvalue weighted by atomic mass is 9.94. The Hall–Kier alpha value is -2.83. The first-order valence-electron chi connectivity index (χ1n) is 13.2. The largest absolute Gasteiger partial charge is 0.383 e. The quantitative estimate of drug-likeness (QED) is 0.266. The van der Waals surface area contributed by atoms with Crippen LogP contribution >= 0.6 is 24.0 Å². The van der Waals surface area contributed by atoms with Crippen molar-refractivity contribution in [2.24, 2.45) is 11.8 Å². The first kappa shape index (κ1) is 28.7. The Balaban J connectivity index is 1.56. The first-order valence-corrected chi connectivity index (χ1v) is 15.8. The summed E-state index contributed by atoms with van der Waals surface area (Å²) in [6.07, 6.45) is 4.65. The summed E-state index contributed by atoms with van der Waals surface area (Å²) >= 11 is 6.68. The van der Waals surface area contributed by atoms with Gasteiger partial charge in [0.25, 0.3) is 5.91 Å². The number of methoxy groups -OCH3 is 1. The van der Waals surface area contributed by atoms with Gasteiger partial charge in [-0.15, -0.1) is 0 Å². The van der Waals surface area contributed by atoms with E-state index < -0.39 is 10.0 Å². The molecule has 1 amide bonds. The molecule has 2 aromatic carbocycles. The van der Waals surface area contributed by atoms with Crippen molar-refractivity contribution in [3.63, 3.8) is 0 Å². The van der Waals surface area contributed by atoms with E-state index in [9.17, 15) is 13.2 Å². The molecule has 2 unspecified atom stereocenters. The van der Waals surface area contributed by atoms with Gasteiger partial charge in [0.05, 0.1) is 28.6 Å². The second-order valence-corrected chi connectivity index (χ2v) is 13.9. The number of carbonyl (C=O) groups is 1. The monoisotopic (exact) mass is 596 g/mol. The first-order chi connectivity index (χ1) is 19.2. The van der Waals surface area contributed by atoms with E-state index in [0.717, 1.165) is 12.1 Å². The van der Waals surface area contributed by atoms with Crippen LogP contribution in [0.3, 0.4) is 0 Å². The molecule has 0 aliphatic carbocycles. The molecule has 210 valence electrons. The number of thioether (sulfide) groups is 1. The number of benzene rings is 2. The summed E-state index contributed by atoms with van der Waals surface area (Å²) in [6.45, 7) is 5.96. The number of hydrogen-bond acceptors (Lipinski definition) is 7. The maximum Gasteiger partial charge on any atom is 0.266 e. The average Bonchev–Trinajstić information content (AvgIpc) is 3.47. The van der Waals surface area contributed by atoms with Crippen LogP contribution in [0, 0.1) is 11.8 Å². The van der Waals surface area contributed by atoms with Gasteiger partial charge >= 0.3 is 0 Å². The van der Waals surface area contributed by atoms with E-state index in [2.05, 4.69) is 13.8 Å². The van der Waals surface area contributed by atoms with Crippen LogP contribution in [-0.2, 0) is 19.6 Å². The Kier molecular flexibility index (Phi) is 8.58. The van der Waals surface area contributed by atoms with Gasteiger partial charge in [0, 0.05) is 37.5 Å². The fourth-order valence-electron chi connectivity index (χ4n) is 5.20. The smallest absolute Gasteiger partial charge is 0.266 e. The maximum absolute atomic E-state index is 13.7. The molecule has 2 saturated heterocycles. The zero-order chi connectivity index (χ0) is 28.4. The molecule has 40 heavy (non-hydrogen) atoms. The Labute approximate surface area is 245 Å². The lowest BCUT2D eigenvalue weighted by molar-refractivity contribution is -0.122. The molecular weight excluding hydrogens is 565 g/mol. The lowest BCUT2D eigenvalue weighted by Crippen LogP contribution is -2.42. The summed E-state index contributed by atoms with van der Waals surface area (Å²) in [5.41, 5.74) is 2.75. The number of sulfonamides is 1. The van der Waals surface area contributed by atoms with Gasteiger partial charge in [0.2, 0.25) is 10.0 Å². The van der Waals surface area contributed by atoms with Crippen molar-refractivity contribution < 1.29 is 17.9 Å². The van der Waals surface area contributed by atoms with Crippen molar-refractivity contribution >= 4 is 50.3 Å². The number of thiocarbonyl (C=S) groups is 1.